The smallest absolute Gasteiger partial charge is 0.307 e. The number of ether oxygens (including phenoxy) is 1. The molecule has 84 valence electrons. The minimum atomic E-state index is -3.07. The second kappa shape index (κ2) is 4.77. The van der Waals surface area contributed by atoms with E-state index in [2.05, 4.69) is 0 Å². The summed E-state index contributed by atoms with van der Waals surface area (Å²) in [7, 11) is -3.07. The fraction of sp³-hybridized carbons (Fsp3) is 0.889. The van der Waals surface area contributed by atoms with Crippen LogP contribution in [-0.4, -0.2) is 31.5 Å². The predicted octanol–water partition coefficient (Wildman–Crippen LogP) is 1.15. The van der Waals surface area contributed by atoms with Gasteiger partial charge in [-0.25, -0.2) is 8.42 Å². The molecule has 0 radical (unpaired) electrons. The van der Waals surface area contributed by atoms with E-state index in [1.165, 1.54) is 0 Å². The van der Waals surface area contributed by atoms with E-state index in [1.807, 2.05) is 0 Å². The Morgan fingerprint density at radius 3 is 2.14 bits per heavy atom. The quantitative estimate of drug-likeness (QED) is 0.669. The van der Waals surface area contributed by atoms with Crippen LogP contribution in [-0.2, 0) is 19.4 Å². The van der Waals surface area contributed by atoms with Crippen molar-refractivity contribution < 1.29 is 17.9 Å². The zero-order valence-corrected chi connectivity index (χ0v) is 9.98. The van der Waals surface area contributed by atoms with Crippen LogP contribution in [0.25, 0.3) is 0 Å². The van der Waals surface area contributed by atoms with E-state index in [1.54, 1.807) is 27.7 Å². The number of esters is 1. The first kappa shape index (κ1) is 13.4. The molecule has 0 N–H and O–H groups in total. The van der Waals surface area contributed by atoms with Crippen LogP contribution in [0.1, 0.15) is 34.1 Å². The van der Waals surface area contributed by atoms with Gasteiger partial charge < -0.3 is 4.74 Å². The Morgan fingerprint density at radius 2 is 1.79 bits per heavy atom. The lowest BCUT2D eigenvalue weighted by molar-refractivity contribution is -0.154. The highest BCUT2D eigenvalue weighted by Gasteiger charge is 2.18. The number of hydrogen-bond donors (Lipinski definition) is 0. The molecule has 0 unspecified atom stereocenters. The van der Waals surface area contributed by atoms with Gasteiger partial charge in [-0.05, 0) is 20.8 Å². The maximum atomic E-state index is 11.1. The van der Waals surface area contributed by atoms with Crippen molar-refractivity contribution in [3.05, 3.63) is 0 Å². The highest BCUT2D eigenvalue weighted by molar-refractivity contribution is 7.91. The van der Waals surface area contributed by atoms with Crippen molar-refractivity contribution in [3.63, 3.8) is 0 Å². The largest absolute Gasteiger partial charge is 0.460 e. The molecule has 0 bridgehead atoms. The van der Waals surface area contributed by atoms with Gasteiger partial charge in [0.15, 0.2) is 9.84 Å². The number of carbonyl (C=O) groups is 1. The van der Waals surface area contributed by atoms with Crippen LogP contribution in [0.5, 0.6) is 0 Å². The summed E-state index contributed by atoms with van der Waals surface area (Å²) in [5.41, 5.74) is -0.549. The van der Waals surface area contributed by atoms with Crippen LogP contribution in [0.15, 0.2) is 0 Å². The summed E-state index contributed by atoms with van der Waals surface area (Å²) in [6.07, 6.45) is -0.0621. The van der Waals surface area contributed by atoms with Crippen LogP contribution >= 0.6 is 0 Å². The van der Waals surface area contributed by atoms with Crippen LogP contribution in [0.3, 0.4) is 0 Å². The number of carbonyl (C=O) groups excluding carboxylic acids is 1. The molecular weight excluding hydrogens is 204 g/mol. The van der Waals surface area contributed by atoms with E-state index >= 15 is 0 Å². The normalized spacial score (nSPS) is 12.6. The maximum Gasteiger partial charge on any atom is 0.307 e. The van der Waals surface area contributed by atoms with Crippen molar-refractivity contribution >= 4 is 15.8 Å². The molecule has 14 heavy (non-hydrogen) atoms. The van der Waals surface area contributed by atoms with Gasteiger partial charge in [0, 0.05) is 5.75 Å². The zero-order chi connectivity index (χ0) is 11.4. The molecule has 0 aromatic rings. The Kier molecular flexibility index (Phi) is 4.58. The third kappa shape index (κ3) is 6.88. The summed E-state index contributed by atoms with van der Waals surface area (Å²) >= 11 is 0. The van der Waals surface area contributed by atoms with Crippen molar-refractivity contribution in [3.8, 4) is 0 Å². The Balaban J connectivity index is 4.00. The average molecular weight is 222 g/mol. The first-order chi connectivity index (χ1) is 6.16. The predicted molar refractivity (Wildman–Crippen MR) is 54.8 cm³/mol. The minimum Gasteiger partial charge on any atom is -0.460 e. The third-order valence-electron chi connectivity index (χ3n) is 1.48. The van der Waals surface area contributed by atoms with Gasteiger partial charge >= 0.3 is 5.97 Å². The van der Waals surface area contributed by atoms with Gasteiger partial charge in [0.25, 0.3) is 0 Å². The van der Waals surface area contributed by atoms with E-state index < -0.39 is 21.4 Å². The molecule has 0 heterocycles. The summed E-state index contributed by atoms with van der Waals surface area (Å²) in [6.45, 7) is 6.81. The fourth-order valence-electron chi connectivity index (χ4n) is 0.776. The standard InChI is InChI=1S/C9H18O4S/c1-5-14(11,12)7-6-8(10)13-9(2,3)4/h5-7H2,1-4H3. The van der Waals surface area contributed by atoms with Gasteiger partial charge in [-0.15, -0.1) is 0 Å². The van der Waals surface area contributed by atoms with E-state index in [9.17, 15) is 13.2 Å². The number of rotatable bonds is 4. The summed E-state index contributed by atoms with van der Waals surface area (Å²) in [6, 6.07) is 0. The first-order valence-electron chi connectivity index (χ1n) is 4.58. The highest BCUT2D eigenvalue weighted by Crippen LogP contribution is 2.08. The molecule has 0 aromatic carbocycles. The lowest BCUT2D eigenvalue weighted by Crippen LogP contribution is -2.25. The molecule has 5 heteroatoms. The summed E-state index contributed by atoms with van der Waals surface area (Å²) in [5, 5.41) is 0. The van der Waals surface area contributed by atoms with Crippen LogP contribution < -0.4 is 0 Å². The van der Waals surface area contributed by atoms with Gasteiger partial charge in [-0.2, -0.15) is 0 Å². The first-order valence-corrected chi connectivity index (χ1v) is 6.41. The fourth-order valence-corrected chi connectivity index (χ4v) is 1.54. The highest BCUT2D eigenvalue weighted by atomic mass is 32.2. The van der Waals surface area contributed by atoms with Crippen LogP contribution in [0.4, 0.5) is 0 Å². The van der Waals surface area contributed by atoms with E-state index in [4.69, 9.17) is 4.74 Å². The summed E-state index contributed by atoms with van der Waals surface area (Å²) in [4.78, 5) is 11.1. The van der Waals surface area contributed by atoms with E-state index in [-0.39, 0.29) is 17.9 Å². The molecule has 0 aliphatic carbocycles. The van der Waals surface area contributed by atoms with Crippen molar-refractivity contribution in [1.29, 1.82) is 0 Å². The molecule has 0 saturated heterocycles. The van der Waals surface area contributed by atoms with Gasteiger partial charge in [-0.3, -0.25) is 4.79 Å². The second-order valence-corrected chi connectivity index (χ2v) is 6.55. The average Bonchev–Trinajstić information content (AvgIpc) is 1.98. The van der Waals surface area contributed by atoms with Gasteiger partial charge in [0.05, 0.1) is 12.2 Å². The Hall–Kier alpha value is -0.580. The lowest BCUT2D eigenvalue weighted by Gasteiger charge is -2.19. The van der Waals surface area contributed by atoms with E-state index in [0.717, 1.165) is 0 Å². The lowest BCUT2D eigenvalue weighted by atomic mass is 10.2. The molecule has 0 amide bonds. The molecular formula is C9H18O4S. The van der Waals surface area contributed by atoms with Gasteiger partial charge in [0.2, 0.25) is 0 Å². The molecule has 0 rings (SSSR count). The second-order valence-electron chi connectivity index (χ2n) is 4.07. The molecule has 0 aliphatic heterocycles. The molecule has 0 spiro atoms. The zero-order valence-electron chi connectivity index (χ0n) is 9.16. The molecule has 0 aromatic heterocycles. The Morgan fingerprint density at radius 1 is 1.29 bits per heavy atom. The van der Waals surface area contributed by atoms with E-state index in [0.29, 0.717) is 0 Å². The van der Waals surface area contributed by atoms with Crippen molar-refractivity contribution in [1.82, 2.24) is 0 Å². The molecule has 0 fully saturated rings. The van der Waals surface area contributed by atoms with Crippen molar-refractivity contribution in [2.24, 2.45) is 0 Å². The van der Waals surface area contributed by atoms with Crippen molar-refractivity contribution in [2.45, 2.75) is 39.7 Å². The Labute approximate surface area is 85.6 Å². The monoisotopic (exact) mass is 222 g/mol. The number of hydrogen-bond acceptors (Lipinski definition) is 4. The van der Waals surface area contributed by atoms with Gasteiger partial charge in [0.1, 0.15) is 5.60 Å². The van der Waals surface area contributed by atoms with Crippen molar-refractivity contribution in [2.75, 3.05) is 11.5 Å². The minimum absolute atomic E-state index is 0.0621. The maximum absolute atomic E-state index is 11.1. The molecule has 0 aliphatic rings. The third-order valence-corrected chi connectivity index (χ3v) is 3.18. The summed E-state index contributed by atoms with van der Waals surface area (Å²) < 4.78 is 27.1. The van der Waals surface area contributed by atoms with Crippen LogP contribution in [0, 0.1) is 0 Å². The molecule has 0 atom stereocenters. The SMILES string of the molecule is CCS(=O)(=O)CCC(=O)OC(C)(C)C. The Bertz CT molecular complexity index is 284. The van der Waals surface area contributed by atoms with Gasteiger partial charge in [-0.1, -0.05) is 6.92 Å². The molecule has 0 saturated carbocycles. The topological polar surface area (TPSA) is 60.4 Å². The van der Waals surface area contributed by atoms with Crippen LogP contribution in [0.2, 0.25) is 0 Å². The molecule has 4 nitrogen and oxygen atoms in total. The summed E-state index contributed by atoms with van der Waals surface area (Å²) in [5.74, 6) is -0.525. The number of sulfone groups is 1.